The lowest BCUT2D eigenvalue weighted by Gasteiger charge is -2.19. The zero-order valence-corrected chi connectivity index (χ0v) is 12.5. The summed E-state index contributed by atoms with van der Waals surface area (Å²) in [6, 6.07) is 2.08. The summed E-state index contributed by atoms with van der Waals surface area (Å²) in [5.41, 5.74) is 0. The zero-order chi connectivity index (χ0) is 13.0. The second kappa shape index (κ2) is 6.48. The highest BCUT2D eigenvalue weighted by atomic mass is 79.9. The predicted molar refractivity (Wildman–Crippen MR) is 75.7 cm³/mol. The van der Waals surface area contributed by atoms with Crippen LogP contribution in [-0.4, -0.2) is 18.2 Å². The van der Waals surface area contributed by atoms with Gasteiger partial charge in [-0.2, -0.15) is 0 Å². The minimum atomic E-state index is 0.0396. The quantitative estimate of drug-likeness (QED) is 0.923. The molecule has 1 heterocycles. The topological polar surface area (TPSA) is 46.2 Å². The van der Waals surface area contributed by atoms with Crippen molar-refractivity contribution in [2.24, 2.45) is 5.92 Å². The Morgan fingerprint density at radius 3 is 2.78 bits per heavy atom. The number of halogens is 1. The molecule has 1 amide bonds. The van der Waals surface area contributed by atoms with Crippen molar-refractivity contribution in [2.45, 2.75) is 32.1 Å². The third-order valence-electron chi connectivity index (χ3n) is 3.21. The van der Waals surface area contributed by atoms with Gasteiger partial charge in [-0.3, -0.25) is 9.59 Å². The molecule has 1 aliphatic rings. The zero-order valence-electron chi connectivity index (χ0n) is 10.1. The highest BCUT2D eigenvalue weighted by Crippen LogP contribution is 2.22. The number of nitrogens with one attached hydrogen (secondary N) is 1. The van der Waals surface area contributed by atoms with E-state index in [4.69, 9.17) is 0 Å². The van der Waals surface area contributed by atoms with Gasteiger partial charge in [0, 0.05) is 40.0 Å². The lowest BCUT2D eigenvalue weighted by atomic mass is 9.88. The van der Waals surface area contributed by atoms with Gasteiger partial charge >= 0.3 is 0 Å². The molecule has 1 aromatic heterocycles. The van der Waals surface area contributed by atoms with E-state index in [0.29, 0.717) is 25.2 Å². The molecule has 0 atom stereocenters. The molecule has 1 N–H and O–H groups in total. The van der Waals surface area contributed by atoms with E-state index < -0.39 is 0 Å². The van der Waals surface area contributed by atoms with Crippen LogP contribution in [0.2, 0.25) is 0 Å². The third-order valence-corrected chi connectivity index (χ3v) is 4.96. The summed E-state index contributed by atoms with van der Waals surface area (Å²) in [5.74, 6) is 0.443. The molecule has 5 heteroatoms. The Labute approximate surface area is 119 Å². The van der Waals surface area contributed by atoms with Crippen LogP contribution in [0.15, 0.2) is 15.9 Å². The molecule has 0 unspecified atom stereocenters. The summed E-state index contributed by atoms with van der Waals surface area (Å²) in [4.78, 5) is 24.2. The first-order chi connectivity index (χ1) is 8.65. The minimum absolute atomic E-state index is 0.0396. The van der Waals surface area contributed by atoms with Gasteiger partial charge in [0.25, 0.3) is 0 Å². The smallest absolute Gasteiger partial charge is 0.223 e. The van der Waals surface area contributed by atoms with Gasteiger partial charge in [0.2, 0.25) is 5.91 Å². The summed E-state index contributed by atoms with van der Waals surface area (Å²) in [6.07, 6.45) is 3.43. The fraction of sp³-hybridized carbons (Fsp3) is 0.538. The molecule has 1 saturated carbocycles. The van der Waals surface area contributed by atoms with Gasteiger partial charge in [-0.15, -0.1) is 11.3 Å². The molecule has 0 bridgehead atoms. The van der Waals surface area contributed by atoms with Gasteiger partial charge < -0.3 is 5.32 Å². The van der Waals surface area contributed by atoms with Crippen LogP contribution in [0.4, 0.5) is 0 Å². The number of Topliss-reactive ketones (excluding diaryl/α,β-unsaturated/α-hetero) is 1. The standard InChI is InChI=1S/C13H16BrNO2S/c14-10-7-12(18-8-10)5-6-15-13(17)9-1-3-11(16)4-2-9/h7-9H,1-6H2,(H,15,17). The first-order valence-electron chi connectivity index (χ1n) is 6.17. The van der Waals surface area contributed by atoms with Gasteiger partial charge in [-0.25, -0.2) is 0 Å². The molecule has 18 heavy (non-hydrogen) atoms. The second-order valence-corrected chi connectivity index (χ2v) is 6.50. The molecule has 0 spiro atoms. The molecule has 1 aliphatic carbocycles. The predicted octanol–water partition coefficient (Wildman–Crippen LogP) is 2.93. The van der Waals surface area contributed by atoms with Crippen LogP contribution in [0, 0.1) is 5.92 Å². The lowest BCUT2D eigenvalue weighted by molar-refractivity contribution is -0.128. The molecule has 98 valence electrons. The van der Waals surface area contributed by atoms with Crippen molar-refractivity contribution in [2.75, 3.05) is 6.54 Å². The first kappa shape index (κ1) is 13.7. The van der Waals surface area contributed by atoms with E-state index in [1.54, 1.807) is 11.3 Å². The molecule has 1 aromatic rings. The first-order valence-corrected chi connectivity index (χ1v) is 7.85. The molecule has 0 radical (unpaired) electrons. The number of carbonyl (C=O) groups excluding carboxylic acids is 2. The minimum Gasteiger partial charge on any atom is -0.356 e. The van der Waals surface area contributed by atoms with E-state index in [-0.39, 0.29) is 11.8 Å². The molecule has 0 aliphatic heterocycles. The van der Waals surface area contributed by atoms with Gasteiger partial charge in [-0.05, 0) is 41.3 Å². The van der Waals surface area contributed by atoms with E-state index in [1.807, 2.05) is 5.38 Å². The monoisotopic (exact) mass is 329 g/mol. The maximum atomic E-state index is 11.9. The maximum absolute atomic E-state index is 11.9. The normalized spacial score (nSPS) is 16.8. The number of hydrogen-bond donors (Lipinski definition) is 1. The van der Waals surface area contributed by atoms with Crippen LogP contribution in [-0.2, 0) is 16.0 Å². The lowest BCUT2D eigenvalue weighted by Crippen LogP contribution is -2.34. The summed E-state index contributed by atoms with van der Waals surface area (Å²) >= 11 is 5.11. The van der Waals surface area contributed by atoms with Crippen molar-refractivity contribution >= 4 is 39.0 Å². The Morgan fingerprint density at radius 1 is 1.44 bits per heavy atom. The largest absolute Gasteiger partial charge is 0.356 e. The van der Waals surface area contributed by atoms with Crippen molar-refractivity contribution < 1.29 is 9.59 Å². The van der Waals surface area contributed by atoms with Crippen molar-refractivity contribution in [3.63, 3.8) is 0 Å². The molecular formula is C13H16BrNO2S. The SMILES string of the molecule is O=C1CCC(C(=O)NCCc2cc(Br)cs2)CC1. The van der Waals surface area contributed by atoms with Crippen LogP contribution in [0.1, 0.15) is 30.6 Å². The van der Waals surface area contributed by atoms with Crippen molar-refractivity contribution in [1.29, 1.82) is 0 Å². The van der Waals surface area contributed by atoms with E-state index in [9.17, 15) is 9.59 Å². The molecule has 1 fully saturated rings. The highest BCUT2D eigenvalue weighted by Gasteiger charge is 2.24. The average Bonchev–Trinajstić information content (AvgIpc) is 2.76. The summed E-state index contributed by atoms with van der Waals surface area (Å²) in [5, 5.41) is 5.01. The van der Waals surface area contributed by atoms with Crippen molar-refractivity contribution in [1.82, 2.24) is 5.32 Å². The summed E-state index contributed by atoms with van der Waals surface area (Å²) in [7, 11) is 0. The number of hydrogen-bond acceptors (Lipinski definition) is 3. The number of thiophene rings is 1. The Kier molecular flexibility index (Phi) is 4.95. The fourth-order valence-electron chi connectivity index (χ4n) is 2.14. The molecule has 3 nitrogen and oxygen atoms in total. The molecular weight excluding hydrogens is 314 g/mol. The molecule has 0 saturated heterocycles. The number of rotatable bonds is 4. The highest BCUT2D eigenvalue weighted by molar-refractivity contribution is 9.10. The van der Waals surface area contributed by atoms with Crippen LogP contribution in [0.5, 0.6) is 0 Å². The van der Waals surface area contributed by atoms with Gasteiger partial charge in [0.15, 0.2) is 0 Å². The Morgan fingerprint density at radius 2 is 2.17 bits per heavy atom. The van der Waals surface area contributed by atoms with Crippen LogP contribution in [0.3, 0.4) is 0 Å². The average molecular weight is 330 g/mol. The van der Waals surface area contributed by atoms with Crippen LogP contribution >= 0.6 is 27.3 Å². The van der Waals surface area contributed by atoms with Gasteiger partial charge in [0.05, 0.1) is 0 Å². The van der Waals surface area contributed by atoms with Gasteiger partial charge in [0.1, 0.15) is 5.78 Å². The van der Waals surface area contributed by atoms with Crippen molar-refractivity contribution in [3.05, 3.63) is 20.8 Å². The number of amides is 1. The van der Waals surface area contributed by atoms with Crippen molar-refractivity contribution in [3.8, 4) is 0 Å². The van der Waals surface area contributed by atoms with E-state index >= 15 is 0 Å². The third kappa shape index (κ3) is 3.92. The Hall–Kier alpha value is -0.680. The second-order valence-electron chi connectivity index (χ2n) is 4.59. The molecule has 0 aromatic carbocycles. The maximum Gasteiger partial charge on any atom is 0.223 e. The van der Waals surface area contributed by atoms with E-state index in [2.05, 4.69) is 27.3 Å². The van der Waals surface area contributed by atoms with Crippen LogP contribution < -0.4 is 5.32 Å². The number of carbonyl (C=O) groups is 2. The van der Waals surface area contributed by atoms with Crippen LogP contribution in [0.25, 0.3) is 0 Å². The summed E-state index contributed by atoms with van der Waals surface area (Å²) in [6.45, 7) is 0.677. The Bertz CT molecular complexity index is 434. The summed E-state index contributed by atoms with van der Waals surface area (Å²) < 4.78 is 1.10. The van der Waals surface area contributed by atoms with Gasteiger partial charge in [-0.1, -0.05) is 0 Å². The Balaban J connectivity index is 1.70. The fourth-order valence-corrected chi connectivity index (χ4v) is 3.60. The van der Waals surface area contributed by atoms with E-state index in [0.717, 1.165) is 23.7 Å². The van der Waals surface area contributed by atoms with E-state index in [1.165, 1.54) is 4.88 Å². The molecule has 2 rings (SSSR count). The number of ketones is 1.